The zero-order chi connectivity index (χ0) is 28.6. The van der Waals surface area contributed by atoms with Crippen LogP contribution in [-0.4, -0.2) is 94.1 Å². The molecule has 0 aromatic heterocycles. The fourth-order valence-corrected chi connectivity index (χ4v) is 4.19. The van der Waals surface area contributed by atoms with Crippen LogP contribution in [0.2, 0.25) is 0 Å². The van der Waals surface area contributed by atoms with Gasteiger partial charge >= 0.3 is 114 Å². The van der Waals surface area contributed by atoms with Crippen LogP contribution in [0.1, 0.15) is 51.4 Å². The van der Waals surface area contributed by atoms with Crippen molar-refractivity contribution in [2.75, 3.05) is 67.5 Å². The average molecular weight is 1230 g/mol. The number of rotatable bonds is 8. The SMILES string of the molecule is CN1CCC(CCCN=C(N)N)CC1.CN=C(N)N(C)CCCC1CCN(C)CC1.[I][V]([I])[I].[I][V][I].[SH-].[SH-]. The molecule has 2 aliphatic rings. The van der Waals surface area contributed by atoms with E-state index in [4.69, 9.17) is 17.2 Å². The second kappa shape index (κ2) is 34.8. The van der Waals surface area contributed by atoms with Crippen LogP contribution in [0.3, 0.4) is 0 Å². The molecule has 0 unspecified atom stereocenters. The number of likely N-dealkylation sites (tertiary alicyclic amines) is 2. The first kappa shape index (κ1) is 49.8. The van der Waals surface area contributed by atoms with Crippen molar-refractivity contribution in [3.05, 3.63) is 0 Å². The normalized spacial score (nSPS) is 16.5. The molecule has 6 N–H and O–H groups in total. The molecule has 2 saturated heterocycles. The third kappa shape index (κ3) is 36.3. The van der Waals surface area contributed by atoms with Crippen LogP contribution < -0.4 is 17.2 Å². The molecular formula is C22H50I5N8S2V2-2. The van der Waals surface area contributed by atoms with Gasteiger partial charge in [0.25, 0.3) is 0 Å². The number of hydrogen-bond acceptors (Lipinski definition) is 6. The molecule has 2 aliphatic heterocycles. The van der Waals surface area contributed by atoms with Crippen molar-refractivity contribution in [2.24, 2.45) is 39.0 Å². The van der Waals surface area contributed by atoms with Gasteiger partial charge in [0.05, 0.1) is 0 Å². The van der Waals surface area contributed by atoms with Gasteiger partial charge in [-0.15, -0.1) is 0 Å². The predicted molar refractivity (Wildman–Crippen MR) is 217 cm³/mol. The van der Waals surface area contributed by atoms with Crippen LogP contribution in [0.25, 0.3) is 0 Å². The van der Waals surface area contributed by atoms with Crippen molar-refractivity contribution in [3.63, 3.8) is 0 Å². The molecule has 0 atom stereocenters. The summed E-state index contributed by atoms with van der Waals surface area (Å²) in [7, 11) is 8.78. The zero-order valence-electron chi connectivity index (χ0n) is 23.7. The molecule has 8 nitrogen and oxygen atoms in total. The monoisotopic (exact) mass is 1230 g/mol. The van der Waals surface area contributed by atoms with E-state index >= 15 is 0 Å². The van der Waals surface area contributed by atoms with E-state index < -0.39 is 0 Å². The Morgan fingerprint density at radius 2 is 1.23 bits per heavy atom. The van der Waals surface area contributed by atoms with Crippen LogP contribution in [0.5, 0.6) is 0 Å². The van der Waals surface area contributed by atoms with Crippen molar-refractivity contribution in [2.45, 2.75) is 51.4 Å². The summed E-state index contributed by atoms with van der Waals surface area (Å²) in [5.41, 5.74) is 16.2. The number of nitrogens with zero attached hydrogens (tertiary/aromatic N) is 5. The Balaban J connectivity index is -0.000000244. The van der Waals surface area contributed by atoms with E-state index in [1.54, 1.807) is 7.05 Å². The van der Waals surface area contributed by atoms with Crippen molar-refractivity contribution in [1.29, 1.82) is 0 Å². The molecule has 0 aromatic rings. The third-order valence-electron chi connectivity index (χ3n) is 6.47. The number of halogens is 5. The minimum Gasteiger partial charge on any atom is -0.813 e. The van der Waals surface area contributed by atoms with Gasteiger partial charge < -0.3 is 58.9 Å². The Hall–Kier alpha value is 3.98. The number of aliphatic imine (C=N–C) groups is 2. The smallest absolute Gasteiger partial charge is 0.813 e. The minimum absolute atomic E-state index is 0. The second-order valence-electron chi connectivity index (χ2n) is 9.34. The zero-order valence-corrected chi connectivity index (χ0v) is 39.1. The first-order valence-corrected chi connectivity index (χ1v) is 35.0. The van der Waals surface area contributed by atoms with E-state index in [2.05, 4.69) is 134 Å². The van der Waals surface area contributed by atoms with Gasteiger partial charge in [0.15, 0.2) is 11.9 Å². The first-order chi connectivity index (χ1) is 17.5. The summed E-state index contributed by atoms with van der Waals surface area (Å²) < 4.78 is 0. The molecular weight excluding hydrogens is 1180 g/mol. The molecule has 2 fully saturated rings. The van der Waals surface area contributed by atoms with Crippen LogP contribution in [0, 0.1) is 11.8 Å². The Morgan fingerprint density at radius 3 is 1.56 bits per heavy atom. The first-order valence-electron chi connectivity index (χ1n) is 12.5. The standard InChI is InChI=1S/C12H26N4.C10H22N4.5HI.2H2S.2V/c1-14-12(13)16(3)8-4-5-11-6-9-15(2)10-7-11;1-14-7-4-9(5-8-14)3-2-6-13-10(11)12;;;;;;;;;/h11H,4-10H2,1-3H3,(H2,13,14);9H,2-8H2,1H3,(H4,11,12,13);5*1H;2*1H2;;/q;;;;;;;;;+2;+3/p-7. The van der Waals surface area contributed by atoms with E-state index in [1.165, 1.54) is 71.1 Å². The van der Waals surface area contributed by atoms with Gasteiger partial charge in [-0.3, -0.25) is 9.98 Å². The molecule has 0 spiro atoms. The summed E-state index contributed by atoms with van der Waals surface area (Å²) in [5, 5.41) is 0. The Kier molecular flexibility index (Phi) is 44.5. The molecule has 39 heavy (non-hydrogen) atoms. The summed E-state index contributed by atoms with van der Waals surface area (Å²) in [4.78, 5) is 14.5. The topological polar surface area (TPSA) is 112 Å². The second-order valence-corrected chi connectivity index (χ2v) is 56.5. The maximum absolute atomic E-state index is 5.72. The molecule has 0 radical (unpaired) electrons. The summed E-state index contributed by atoms with van der Waals surface area (Å²) >= 11 is 12.1. The molecule has 0 bridgehead atoms. The van der Waals surface area contributed by atoms with Crippen LogP contribution >= 0.6 is 99.9 Å². The summed E-state index contributed by atoms with van der Waals surface area (Å²) in [6.07, 6.45) is 10.3. The maximum atomic E-state index is 5.72. The van der Waals surface area contributed by atoms with E-state index in [-0.39, 0.29) is 37.9 Å². The number of nitrogens with two attached hydrogens (primary N) is 3. The maximum Gasteiger partial charge on any atom is -0.813 e. The minimum atomic E-state index is -0.278. The quantitative estimate of drug-likeness (QED) is 0.0756. The Morgan fingerprint density at radius 1 is 0.872 bits per heavy atom. The van der Waals surface area contributed by atoms with E-state index in [9.17, 15) is 0 Å². The van der Waals surface area contributed by atoms with Gasteiger partial charge in [0.2, 0.25) is 0 Å². The van der Waals surface area contributed by atoms with Crippen molar-refractivity contribution < 1.29 is 14.4 Å². The molecule has 2 heterocycles. The van der Waals surface area contributed by atoms with Crippen molar-refractivity contribution in [1.82, 2.24) is 14.7 Å². The van der Waals surface area contributed by atoms with Gasteiger partial charge in [-0.1, -0.05) is 0 Å². The fourth-order valence-electron chi connectivity index (χ4n) is 4.19. The molecule has 0 aromatic carbocycles. The van der Waals surface area contributed by atoms with Crippen molar-refractivity contribution in [3.8, 4) is 0 Å². The van der Waals surface area contributed by atoms with Gasteiger partial charge in [0, 0.05) is 27.2 Å². The van der Waals surface area contributed by atoms with E-state index in [0.29, 0.717) is 15.4 Å². The molecule has 0 aliphatic carbocycles. The molecule has 0 amide bonds. The van der Waals surface area contributed by atoms with Gasteiger partial charge in [-0.2, -0.15) is 0 Å². The van der Waals surface area contributed by atoms with Gasteiger partial charge in [-0.25, -0.2) is 0 Å². The van der Waals surface area contributed by atoms with Gasteiger partial charge in [0.1, 0.15) is 0 Å². The fraction of sp³-hybridized carbons (Fsp3) is 0.909. The van der Waals surface area contributed by atoms with Crippen LogP contribution in [0.15, 0.2) is 9.98 Å². The van der Waals surface area contributed by atoms with Crippen LogP contribution in [-0.2, 0) is 41.4 Å². The number of guanidine groups is 2. The molecule has 17 heteroatoms. The van der Waals surface area contributed by atoms with Gasteiger partial charge in [-0.05, 0) is 103 Å². The third-order valence-corrected chi connectivity index (χ3v) is 6.47. The van der Waals surface area contributed by atoms with E-state index in [0.717, 1.165) is 31.3 Å². The number of hydrogen-bond donors (Lipinski definition) is 3. The number of piperidine rings is 2. The average Bonchev–Trinajstić information content (AvgIpc) is 2.84. The largest absolute Gasteiger partial charge is 0.813 e. The Bertz CT molecular complexity index is 582. The van der Waals surface area contributed by atoms with Crippen molar-refractivity contribution >= 4 is 139 Å². The molecule has 237 valence electrons. The Labute approximate surface area is 320 Å². The summed E-state index contributed by atoms with van der Waals surface area (Å²) in [6.45, 7) is 6.82. The summed E-state index contributed by atoms with van der Waals surface area (Å²) in [5.74, 6) is 2.67. The predicted octanol–water partition coefficient (Wildman–Crippen LogP) is 5.25. The molecule has 0 saturated carbocycles. The van der Waals surface area contributed by atoms with E-state index in [1.807, 2.05) is 11.9 Å². The molecule has 2 rings (SSSR count). The number of thiol groups is 2. The summed E-state index contributed by atoms with van der Waals surface area (Å²) in [6, 6.07) is 0. The van der Waals surface area contributed by atoms with Crippen LogP contribution in [0.4, 0.5) is 0 Å².